The SMILES string of the molecule is Cc1cccc(C(C)(C)C)c1OCC=CCOc1c(C)cccc1C(C)(C)C. The maximum absolute atomic E-state index is 6.11. The lowest BCUT2D eigenvalue weighted by Crippen LogP contribution is -2.14. The molecule has 0 saturated carbocycles. The monoisotopic (exact) mass is 380 g/mol. The summed E-state index contributed by atoms with van der Waals surface area (Å²) in [5.74, 6) is 1.99. The minimum atomic E-state index is 0.0579. The van der Waals surface area contributed by atoms with E-state index in [4.69, 9.17) is 9.47 Å². The van der Waals surface area contributed by atoms with E-state index in [-0.39, 0.29) is 10.8 Å². The van der Waals surface area contributed by atoms with Crippen molar-refractivity contribution in [3.8, 4) is 11.5 Å². The summed E-state index contributed by atoms with van der Waals surface area (Å²) in [6.45, 7) is 18.6. The second-order valence-electron chi connectivity index (χ2n) is 9.50. The maximum Gasteiger partial charge on any atom is 0.126 e. The Bertz CT molecular complexity index is 748. The Morgan fingerprint density at radius 1 is 0.643 bits per heavy atom. The fourth-order valence-electron chi connectivity index (χ4n) is 3.27. The van der Waals surface area contributed by atoms with E-state index in [1.54, 1.807) is 0 Å². The average molecular weight is 381 g/mol. The molecular formula is C26H36O2. The highest BCUT2D eigenvalue weighted by Gasteiger charge is 2.20. The van der Waals surface area contributed by atoms with Crippen LogP contribution >= 0.6 is 0 Å². The van der Waals surface area contributed by atoms with Gasteiger partial charge in [0.1, 0.15) is 24.7 Å². The predicted octanol–water partition coefficient (Wildman–Crippen LogP) is 6.91. The molecule has 2 aromatic rings. The van der Waals surface area contributed by atoms with Crippen molar-refractivity contribution < 1.29 is 9.47 Å². The number of aryl methyl sites for hydroxylation is 2. The number of para-hydroxylation sites is 2. The third-order valence-corrected chi connectivity index (χ3v) is 4.85. The van der Waals surface area contributed by atoms with Gasteiger partial charge in [0.05, 0.1) is 0 Å². The first-order valence-corrected chi connectivity index (χ1v) is 10.1. The first kappa shape index (κ1) is 22.1. The van der Waals surface area contributed by atoms with Crippen molar-refractivity contribution in [2.24, 2.45) is 0 Å². The van der Waals surface area contributed by atoms with Gasteiger partial charge in [-0.05, 0) is 59.1 Å². The lowest BCUT2D eigenvalue weighted by molar-refractivity contribution is 0.336. The molecule has 0 heterocycles. The van der Waals surface area contributed by atoms with Crippen LogP contribution in [-0.4, -0.2) is 13.2 Å². The van der Waals surface area contributed by atoms with Gasteiger partial charge in [-0.25, -0.2) is 0 Å². The third-order valence-electron chi connectivity index (χ3n) is 4.85. The highest BCUT2D eigenvalue weighted by atomic mass is 16.5. The minimum absolute atomic E-state index is 0.0579. The Hall–Kier alpha value is -2.22. The molecule has 2 rings (SSSR count). The predicted molar refractivity (Wildman–Crippen MR) is 120 cm³/mol. The lowest BCUT2D eigenvalue weighted by Gasteiger charge is -2.24. The number of hydrogen-bond donors (Lipinski definition) is 0. The van der Waals surface area contributed by atoms with Gasteiger partial charge < -0.3 is 9.47 Å². The van der Waals surface area contributed by atoms with Crippen molar-refractivity contribution in [3.05, 3.63) is 70.8 Å². The Balaban J connectivity index is 1.99. The van der Waals surface area contributed by atoms with Crippen LogP contribution < -0.4 is 9.47 Å². The highest BCUT2D eigenvalue weighted by Crippen LogP contribution is 2.34. The van der Waals surface area contributed by atoms with Gasteiger partial charge in [0, 0.05) is 0 Å². The van der Waals surface area contributed by atoms with E-state index in [0.717, 1.165) is 11.5 Å². The van der Waals surface area contributed by atoms with Crippen LogP contribution in [0.5, 0.6) is 11.5 Å². The second kappa shape index (κ2) is 8.86. The van der Waals surface area contributed by atoms with E-state index in [1.165, 1.54) is 22.3 Å². The van der Waals surface area contributed by atoms with Gasteiger partial charge in [-0.3, -0.25) is 0 Å². The summed E-state index contributed by atoms with van der Waals surface area (Å²) in [6.07, 6.45) is 4.07. The summed E-state index contributed by atoms with van der Waals surface area (Å²) in [5, 5.41) is 0. The molecule has 2 aromatic carbocycles. The van der Waals surface area contributed by atoms with Crippen LogP contribution in [0.1, 0.15) is 63.8 Å². The average Bonchev–Trinajstić information content (AvgIpc) is 2.58. The summed E-state index contributed by atoms with van der Waals surface area (Å²) in [7, 11) is 0. The van der Waals surface area contributed by atoms with Crippen LogP contribution in [0, 0.1) is 13.8 Å². The van der Waals surface area contributed by atoms with Crippen LogP contribution in [-0.2, 0) is 10.8 Å². The van der Waals surface area contributed by atoms with Gasteiger partial charge in [0.2, 0.25) is 0 Å². The van der Waals surface area contributed by atoms with Gasteiger partial charge in [-0.15, -0.1) is 0 Å². The van der Waals surface area contributed by atoms with Gasteiger partial charge >= 0.3 is 0 Å². The molecule has 0 aromatic heterocycles. The first-order valence-electron chi connectivity index (χ1n) is 10.1. The largest absolute Gasteiger partial charge is 0.489 e. The molecule has 0 aliphatic rings. The molecule has 0 fully saturated rings. The molecule has 0 spiro atoms. The maximum atomic E-state index is 6.11. The summed E-state index contributed by atoms with van der Waals surface area (Å²) in [4.78, 5) is 0. The summed E-state index contributed by atoms with van der Waals surface area (Å²) >= 11 is 0. The first-order chi connectivity index (χ1) is 13.0. The van der Waals surface area contributed by atoms with Crippen LogP contribution in [0.25, 0.3) is 0 Å². The van der Waals surface area contributed by atoms with Crippen LogP contribution in [0.2, 0.25) is 0 Å². The van der Waals surface area contributed by atoms with Crippen molar-refractivity contribution in [1.29, 1.82) is 0 Å². The Kier molecular flexibility index (Phi) is 6.98. The molecular weight excluding hydrogens is 344 g/mol. The molecule has 0 N–H and O–H groups in total. The fourth-order valence-corrected chi connectivity index (χ4v) is 3.27. The lowest BCUT2D eigenvalue weighted by atomic mass is 9.85. The number of rotatable bonds is 6. The molecule has 0 unspecified atom stereocenters. The Morgan fingerprint density at radius 3 is 1.32 bits per heavy atom. The van der Waals surface area contributed by atoms with Gasteiger partial charge in [-0.1, -0.05) is 77.9 Å². The summed E-state index contributed by atoms with van der Waals surface area (Å²) < 4.78 is 12.2. The number of ether oxygens (including phenoxy) is 2. The highest BCUT2D eigenvalue weighted by molar-refractivity contribution is 5.45. The molecule has 0 atom stereocenters. The van der Waals surface area contributed by atoms with Crippen molar-refractivity contribution in [3.63, 3.8) is 0 Å². The molecule has 0 aliphatic carbocycles. The van der Waals surface area contributed by atoms with Gasteiger partial charge in [-0.2, -0.15) is 0 Å². The van der Waals surface area contributed by atoms with Crippen molar-refractivity contribution >= 4 is 0 Å². The topological polar surface area (TPSA) is 18.5 Å². The van der Waals surface area contributed by atoms with Crippen molar-refractivity contribution in [2.45, 2.75) is 66.2 Å². The van der Waals surface area contributed by atoms with Crippen molar-refractivity contribution in [2.75, 3.05) is 13.2 Å². The van der Waals surface area contributed by atoms with Gasteiger partial charge in [0.15, 0.2) is 0 Å². The molecule has 0 amide bonds. The van der Waals surface area contributed by atoms with Gasteiger partial charge in [0.25, 0.3) is 0 Å². The van der Waals surface area contributed by atoms with E-state index >= 15 is 0 Å². The van der Waals surface area contributed by atoms with E-state index < -0.39 is 0 Å². The molecule has 0 radical (unpaired) electrons. The smallest absolute Gasteiger partial charge is 0.126 e. The molecule has 2 nitrogen and oxygen atoms in total. The zero-order chi connectivity index (χ0) is 20.9. The van der Waals surface area contributed by atoms with Crippen molar-refractivity contribution in [1.82, 2.24) is 0 Å². The zero-order valence-corrected chi connectivity index (χ0v) is 18.8. The van der Waals surface area contributed by atoms with E-state index in [2.05, 4.69) is 91.8 Å². The molecule has 152 valence electrons. The standard InChI is InChI=1S/C26H36O2/c1-19-13-11-15-21(25(3,4)5)23(19)27-17-9-10-18-28-24-20(2)14-12-16-22(24)26(6,7)8/h9-16H,17-18H2,1-8H3. The molecule has 0 saturated heterocycles. The Morgan fingerprint density at radius 2 is 1.00 bits per heavy atom. The van der Waals surface area contributed by atoms with E-state index in [0.29, 0.717) is 13.2 Å². The molecule has 28 heavy (non-hydrogen) atoms. The second-order valence-corrected chi connectivity index (χ2v) is 9.50. The minimum Gasteiger partial charge on any atom is -0.489 e. The van der Waals surface area contributed by atoms with E-state index in [1.807, 2.05) is 12.2 Å². The normalized spacial score (nSPS) is 12.4. The quantitative estimate of drug-likeness (QED) is 0.507. The molecule has 2 heteroatoms. The zero-order valence-electron chi connectivity index (χ0n) is 18.8. The molecule has 0 aliphatic heterocycles. The summed E-state index contributed by atoms with van der Waals surface area (Å²) in [6, 6.07) is 12.7. The van der Waals surface area contributed by atoms with Crippen LogP contribution in [0.15, 0.2) is 48.6 Å². The number of hydrogen-bond acceptors (Lipinski definition) is 2. The van der Waals surface area contributed by atoms with E-state index in [9.17, 15) is 0 Å². The fraction of sp³-hybridized carbons (Fsp3) is 0.462. The molecule has 0 bridgehead atoms. The Labute approximate surface area is 171 Å². The third kappa shape index (κ3) is 5.64. The summed E-state index contributed by atoms with van der Waals surface area (Å²) in [5.41, 5.74) is 4.95. The number of benzene rings is 2. The van der Waals surface area contributed by atoms with Crippen LogP contribution in [0.4, 0.5) is 0 Å². The van der Waals surface area contributed by atoms with Crippen LogP contribution in [0.3, 0.4) is 0 Å².